The summed E-state index contributed by atoms with van der Waals surface area (Å²) in [6.07, 6.45) is 0.403. The molecule has 9 heteroatoms. The number of nitrogens with zero attached hydrogens (tertiary/aromatic N) is 2. The van der Waals surface area contributed by atoms with Crippen LogP contribution in [0.3, 0.4) is 0 Å². The first kappa shape index (κ1) is 23.6. The lowest BCUT2D eigenvalue weighted by Crippen LogP contribution is -2.47. The predicted octanol–water partition coefficient (Wildman–Crippen LogP) is 2.73. The van der Waals surface area contributed by atoms with Crippen molar-refractivity contribution in [2.24, 2.45) is 7.05 Å². The zero-order valence-corrected chi connectivity index (χ0v) is 19.3. The summed E-state index contributed by atoms with van der Waals surface area (Å²) in [7, 11) is 6.46. The summed E-state index contributed by atoms with van der Waals surface area (Å²) in [5.74, 6) is 1.96. The number of para-hydroxylation sites is 1. The lowest BCUT2D eigenvalue weighted by molar-refractivity contribution is -0.118. The van der Waals surface area contributed by atoms with Crippen molar-refractivity contribution in [2.75, 3.05) is 26.6 Å². The van der Waals surface area contributed by atoms with Gasteiger partial charge in [-0.25, -0.2) is 0 Å². The number of methoxy groups -OCH3 is 3. The largest absolute Gasteiger partial charge is 0.497 e. The van der Waals surface area contributed by atoms with Crippen LogP contribution in [0, 0.1) is 6.92 Å². The number of aryl methyl sites for hydroxylation is 2. The normalized spacial score (nSPS) is 14.2. The molecule has 0 aliphatic carbocycles. The van der Waals surface area contributed by atoms with Crippen LogP contribution in [0.1, 0.15) is 21.6 Å². The maximum absolute atomic E-state index is 12.5. The average molecular weight is 453 g/mol. The first-order chi connectivity index (χ1) is 15.9. The number of aromatic nitrogens is 2. The van der Waals surface area contributed by atoms with Crippen LogP contribution >= 0.6 is 0 Å². The van der Waals surface area contributed by atoms with Crippen molar-refractivity contribution >= 4 is 17.6 Å². The van der Waals surface area contributed by atoms with Crippen LogP contribution < -0.4 is 24.8 Å². The summed E-state index contributed by atoms with van der Waals surface area (Å²) >= 11 is 0. The minimum Gasteiger partial charge on any atom is -0.497 e. The fourth-order valence-corrected chi connectivity index (χ4v) is 3.50. The van der Waals surface area contributed by atoms with Gasteiger partial charge >= 0.3 is 0 Å². The molecule has 1 atom stereocenters. The summed E-state index contributed by atoms with van der Waals surface area (Å²) in [5, 5.41) is 9.87. The molecule has 1 aliphatic heterocycles. The summed E-state index contributed by atoms with van der Waals surface area (Å²) in [6, 6.07) is 13.9. The summed E-state index contributed by atoms with van der Waals surface area (Å²) in [5.41, 5.74) is 2.15. The molecule has 2 amide bonds. The standard InChI is InChI=1S/C17H20N4O4.C7H8O/c1-9-11-8-12(17(23)19-15(11)21(2)20-9)18-16(22)10-5-6-13(24-3)14(7-10)25-4;1-8-7-5-3-2-4-6-7/h5-7,12H,8H2,1-4H3,(H,18,22)(H,19,23);2-6H,1H3. The minimum absolute atomic E-state index is 0.260. The molecule has 9 nitrogen and oxygen atoms in total. The first-order valence-corrected chi connectivity index (χ1v) is 10.3. The molecule has 2 N–H and O–H groups in total. The number of amides is 2. The fourth-order valence-electron chi connectivity index (χ4n) is 3.50. The average Bonchev–Trinajstić information content (AvgIpc) is 3.11. The van der Waals surface area contributed by atoms with Gasteiger partial charge in [0.2, 0.25) is 5.91 Å². The van der Waals surface area contributed by atoms with Gasteiger partial charge < -0.3 is 24.8 Å². The highest BCUT2D eigenvalue weighted by Crippen LogP contribution is 2.28. The van der Waals surface area contributed by atoms with Crippen molar-refractivity contribution < 1.29 is 23.8 Å². The van der Waals surface area contributed by atoms with Crippen LogP contribution in [-0.2, 0) is 18.3 Å². The number of nitrogens with one attached hydrogen (secondary N) is 2. The van der Waals surface area contributed by atoms with Gasteiger partial charge in [-0.05, 0) is 37.3 Å². The Kier molecular flexibility index (Phi) is 7.55. The van der Waals surface area contributed by atoms with Crippen LogP contribution in [0.15, 0.2) is 48.5 Å². The van der Waals surface area contributed by atoms with E-state index < -0.39 is 6.04 Å². The molecule has 174 valence electrons. The van der Waals surface area contributed by atoms with Gasteiger partial charge in [-0.15, -0.1) is 0 Å². The summed E-state index contributed by atoms with van der Waals surface area (Å²) in [6.45, 7) is 1.88. The van der Waals surface area contributed by atoms with E-state index in [1.54, 1.807) is 37.0 Å². The van der Waals surface area contributed by atoms with Gasteiger partial charge in [0.05, 0.1) is 27.0 Å². The SMILES string of the molecule is COc1ccc(C(=O)NC2Cc3c(C)nn(C)c3NC2=O)cc1OC.COc1ccccc1. The number of carbonyl (C=O) groups is 2. The van der Waals surface area contributed by atoms with Crippen molar-refractivity contribution in [2.45, 2.75) is 19.4 Å². The van der Waals surface area contributed by atoms with Crippen molar-refractivity contribution in [1.82, 2.24) is 15.1 Å². The van der Waals surface area contributed by atoms with E-state index in [2.05, 4.69) is 15.7 Å². The van der Waals surface area contributed by atoms with E-state index >= 15 is 0 Å². The molecule has 33 heavy (non-hydrogen) atoms. The Morgan fingerprint density at radius 2 is 1.76 bits per heavy atom. The maximum Gasteiger partial charge on any atom is 0.252 e. The molecule has 1 unspecified atom stereocenters. The summed E-state index contributed by atoms with van der Waals surface area (Å²) < 4.78 is 16.9. The number of hydrogen-bond donors (Lipinski definition) is 2. The van der Waals surface area contributed by atoms with Crippen molar-refractivity contribution in [3.05, 3.63) is 65.4 Å². The predicted molar refractivity (Wildman–Crippen MR) is 124 cm³/mol. The van der Waals surface area contributed by atoms with Gasteiger partial charge in [-0.1, -0.05) is 18.2 Å². The Labute approximate surface area is 192 Å². The molecular formula is C24H28N4O5. The third kappa shape index (κ3) is 5.43. The monoisotopic (exact) mass is 452 g/mol. The van der Waals surface area contributed by atoms with E-state index in [0.29, 0.717) is 29.3 Å². The zero-order valence-electron chi connectivity index (χ0n) is 19.3. The lowest BCUT2D eigenvalue weighted by Gasteiger charge is -2.24. The van der Waals surface area contributed by atoms with E-state index in [1.165, 1.54) is 14.2 Å². The number of fused-ring (bicyclic) bond motifs is 1. The minimum atomic E-state index is -0.656. The van der Waals surface area contributed by atoms with Crippen LogP contribution in [0.5, 0.6) is 17.2 Å². The van der Waals surface area contributed by atoms with Gasteiger partial charge in [-0.2, -0.15) is 5.10 Å². The number of hydrogen-bond acceptors (Lipinski definition) is 6. The Bertz CT molecular complexity index is 1130. The molecule has 1 aromatic heterocycles. The van der Waals surface area contributed by atoms with Crippen molar-refractivity contribution in [1.29, 1.82) is 0 Å². The topological polar surface area (TPSA) is 104 Å². The van der Waals surface area contributed by atoms with E-state index in [1.807, 2.05) is 37.3 Å². The molecule has 0 saturated heterocycles. The molecule has 0 radical (unpaired) electrons. The molecule has 0 bridgehead atoms. The second-order valence-corrected chi connectivity index (χ2v) is 7.34. The van der Waals surface area contributed by atoms with E-state index in [9.17, 15) is 9.59 Å². The van der Waals surface area contributed by atoms with E-state index in [4.69, 9.17) is 14.2 Å². The third-order valence-electron chi connectivity index (χ3n) is 5.24. The van der Waals surface area contributed by atoms with Crippen LogP contribution in [0.4, 0.5) is 5.82 Å². The maximum atomic E-state index is 12.5. The highest BCUT2D eigenvalue weighted by molar-refractivity contribution is 6.02. The number of carbonyl (C=O) groups excluding carboxylic acids is 2. The summed E-state index contributed by atoms with van der Waals surface area (Å²) in [4.78, 5) is 24.8. The van der Waals surface area contributed by atoms with E-state index in [0.717, 1.165) is 17.0 Å². The molecular weight excluding hydrogens is 424 g/mol. The molecule has 0 saturated carbocycles. The molecule has 0 spiro atoms. The van der Waals surface area contributed by atoms with Crippen LogP contribution in [0.2, 0.25) is 0 Å². The van der Waals surface area contributed by atoms with Crippen LogP contribution in [0.25, 0.3) is 0 Å². The Morgan fingerprint density at radius 3 is 2.36 bits per heavy atom. The Balaban J connectivity index is 0.000000323. The Hall–Kier alpha value is -4.01. The Morgan fingerprint density at radius 1 is 1.06 bits per heavy atom. The fraction of sp³-hybridized carbons (Fsp3) is 0.292. The number of rotatable bonds is 5. The second-order valence-electron chi connectivity index (χ2n) is 7.34. The number of benzene rings is 2. The zero-order chi connectivity index (χ0) is 24.0. The first-order valence-electron chi connectivity index (χ1n) is 10.3. The van der Waals surface area contributed by atoms with Gasteiger partial charge in [-0.3, -0.25) is 14.3 Å². The molecule has 1 aliphatic rings. The van der Waals surface area contributed by atoms with Gasteiger partial charge in [0.25, 0.3) is 5.91 Å². The van der Waals surface area contributed by atoms with E-state index in [-0.39, 0.29) is 11.8 Å². The van der Waals surface area contributed by atoms with Gasteiger partial charge in [0, 0.05) is 24.6 Å². The van der Waals surface area contributed by atoms with Gasteiger partial charge in [0.15, 0.2) is 11.5 Å². The highest BCUT2D eigenvalue weighted by atomic mass is 16.5. The smallest absolute Gasteiger partial charge is 0.252 e. The highest BCUT2D eigenvalue weighted by Gasteiger charge is 2.31. The molecule has 2 heterocycles. The van der Waals surface area contributed by atoms with Crippen molar-refractivity contribution in [3.8, 4) is 17.2 Å². The molecule has 2 aromatic carbocycles. The van der Waals surface area contributed by atoms with Crippen molar-refractivity contribution in [3.63, 3.8) is 0 Å². The molecule has 4 rings (SSSR count). The van der Waals surface area contributed by atoms with Gasteiger partial charge in [0.1, 0.15) is 17.6 Å². The second kappa shape index (κ2) is 10.5. The number of ether oxygens (including phenoxy) is 3. The quantitative estimate of drug-likeness (QED) is 0.617. The van der Waals surface area contributed by atoms with Crippen LogP contribution in [-0.4, -0.2) is 49.0 Å². The lowest BCUT2D eigenvalue weighted by atomic mass is 10.0. The third-order valence-corrected chi connectivity index (χ3v) is 5.24. The molecule has 0 fully saturated rings. The molecule has 3 aromatic rings. The number of anilines is 1.